The summed E-state index contributed by atoms with van der Waals surface area (Å²) in [4.78, 5) is 0. The molecule has 106 valence electrons. The number of hydrogen-bond donors (Lipinski definition) is 2. The zero-order chi connectivity index (χ0) is 14.5. The van der Waals surface area contributed by atoms with Gasteiger partial charge in [0.05, 0.1) is 15.8 Å². The Morgan fingerprint density at radius 2 is 1.95 bits per heavy atom. The second kappa shape index (κ2) is 6.75. The van der Waals surface area contributed by atoms with Gasteiger partial charge in [0.2, 0.25) is 0 Å². The van der Waals surface area contributed by atoms with Gasteiger partial charge in [-0.05, 0) is 47.3 Å². The van der Waals surface area contributed by atoms with Gasteiger partial charge < -0.3 is 11.1 Å². The predicted molar refractivity (Wildman–Crippen MR) is 86.4 cm³/mol. The lowest BCUT2D eigenvalue weighted by Crippen LogP contribution is -2.17. The molecule has 1 unspecified atom stereocenters. The van der Waals surface area contributed by atoms with Crippen molar-refractivity contribution < 1.29 is 4.39 Å². The van der Waals surface area contributed by atoms with Crippen molar-refractivity contribution >= 4 is 27.3 Å². The molecular formula is C16H18BrFN2. The van der Waals surface area contributed by atoms with E-state index in [-0.39, 0.29) is 11.9 Å². The smallest absolute Gasteiger partial charge is 0.139 e. The first-order chi connectivity index (χ1) is 9.56. The van der Waals surface area contributed by atoms with Gasteiger partial charge in [-0.3, -0.25) is 0 Å². The van der Waals surface area contributed by atoms with Crippen molar-refractivity contribution in [2.24, 2.45) is 0 Å². The molecule has 0 aliphatic rings. The first kappa shape index (κ1) is 14.9. The summed E-state index contributed by atoms with van der Waals surface area (Å²) in [6.45, 7) is 2.10. The molecule has 0 radical (unpaired) electrons. The molecule has 20 heavy (non-hydrogen) atoms. The number of anilines is 2. The Kier molecular flexibility index (Phi) is 5.01. The van der Waals surface area contributed by atoms with Crippen LogP contribution in [0, 0.1) is 5.82 Å². The van der Waals surface area contributed by atoms with Crippen LogP contribution >= 0.6 is 15.9 Å². The summed E-state index contributed by atoms with van der Waals surface area (Å²) in [5, 5.41) is 3.33. The Morgan fingerprint density at radius 1 is 1.25 bits per heavy atom. The van der Waals surface area contributed by atoms with Crippen LogP contribution in [0.4, 0.5) is 15.8 Å². The Bertz CT molecular complexity index is 572. The fraction of sp³-hybridized carbons (Fsp3) is 0.250. The average molecular weight is 337 g/mol. The molecule has 0 saturated carbocycles. The molecular weight excluding hydrogens is 319 g/mol. The summed E-state index contributed by atoms with van der Waals surface area (Å²) in [6.07, 6.45) is 1.98. The molecule has 2 nitrogen and oxygen atoms in total. The fourth-order valence-corrected chi connectivity index (χ4v) is 2.40. The first-order valence-electron chi connectivity index (χ1n) is 6.61. The second-order valence-corrected chi connectivity index (χ2v) is 5.78. The van der Waals surface area contributed by atoms with E-state index in [4.69, 9.17) is 5.73 Å². The maximum absolute atomic E-state index is 13.3. The Labute approximate surface area is 127 Å². The third-order valence-corrected chi connectivity index (χ3v) is 3.81. The van der Waals surface area contributed by atoms with Crippen LogP contribution in [0.1, 0.15) is 18.9 Å². The van der Waals surface area contributed by atoms with Gasteiger partial charge in [-0.15, -0.1) is 0 Å². The van der Waals surface area contributed by atoms with Crippen LogP contribution in [-0.2, 0) is 6.42 Å². The molecule has 0 aliphatic carbocycles. The number of nitrogen functional groups attached to an aromatic ring is 1. The lowest BCUT2D eigenvalue weighted by molar-refractivity contribution is 0.621. The van der Waals surface area contributed by atoms with Gasteiger partial charge in [-0.1, -0.05) is 30.3 Å². The molecule has 3 N–H and O–H groups in total. The maximum atomic E-state index is 13.3. The predicted octanol–water partition coefficient (Wildman–Crippen LogP) is 4.60. The monoisotopic (exact) mass is 336 g/mol. The van der Waals surface area contributed by atoms with Gasteiger partial charge in [0.25, 0.3) is 0 Å². The summed E-state index contributed by atoms with van der Waals surface area (Å²) >= 11 is 3.18. The average Bonchev–Trinajstić information content (AvgIpc) is 2.44. The second-order valence-electron chi connectivity index (χ2n) is 4.92. The summed E-state index contributed by atoms with van der Waals surface area (Å²) in [7, 11) is 0. The summed E-state index contributed by atoms with van der Waals surface area (Å²) in [5.41, 5.74) is 8.33. The molecule has 0 aliphatic heterocycles. The third-order valence-electron chi connectivity index (χ3n) is 3.20. The van der Waals surface area contributed by atoms with E-state index in [1.807, 2.05) is 18.2 Å². The molecule has 0 bridgehead atoms. The number of nitrogens with one attached hydrogen (secondary N) is 1. The van der Waals surface area contributed by atoms with Gasteiger partial charge >= 0.3 is 0 Å². The topological polar surface area (TPSA) is 38.0 Å². The van der Waals surface area contributed by atoms with E-state index in [0.29, 0.717) is 10.2 Å². The van der Waals surface area contributed by atoms with Crippen LogP contribution < -0.4 is 11.1 Å². The quantitative estimate of drug-likeness (QED) is 0.783. The lowest BCUT2D eigenvalue weighted by Gasteiger charge is -2.17. The molecule has 0 spiro atoms. The van der Waals surface area contributed by atoms with Crippen molar-refractivity contribution in [2.75, 3.05) is 11.1 Å². The number of aryl methyl sites for hydroxylation is 1. The minimum absolute atomic E-state index is 0.259. The molecule has 2 rings (SSSR count). The van der Waals surface area contributed by atoms with Crippen molar-refractivity contribution in [2.45, 2.75) is 25.8 Å². The zero-order valence-corrected chi connectivity index (χ0v) is 13.0. The number of benzene rings is 2. The number of halogens is 2. The Morgan fingerprint density at radius 3 is 2.65 bits per heavy atom. The van der Waals surface area contributed by atoms with Gasteiger partial charge in [0.1, 0.15) is 5.82 Å². The Balaban J connectivity index is 1.95. The van der Waals surface area contributed by atoms with Gasteiger partial charge in [-0.25, -0.2) is 4.39 Å². The summed E-state index contributed by atoms with van der Waals surface area (Å²) < 4.78 is 13.7. The molecule has 4 heteroatoms. The van der Waals surface area contributed by atoms with E-state index >= 15 is 0 Å². The van der Waals surface area contributed by atoms with Crippen molar-refractivity contribution in [3.63, 3.8) is 0 Å². The van der Waals surface area contributed by atoms with Gasteiger partial charge in [-0.2, -0.15) is 0 Å². The highest BCUT2D eigenvalue weighted by Gasteiger charge is 2.09. The molecule has 0 amide bonds. The minimum atomic E-state index is -0.343. The molecule has 0 heterocycles. The van der Waals surface area contributed by atoms with Crippen molar-refractivity contribution in [1.82, 2.24) is 0 Å². The maximum Gasteiger partial charge on any atom is 0.139 e. The van der Waals surface area contributed by atoms with Gasteiger partial charge in [0.15, 0.2) is 0 Å². The van der Waals surface area contributed by atoms with Gasteiger partial charge in [0, 0.05) is 12.1 Å². The largest absolute Gasteiger partial charge is 0.397 e. The molecule has 1 atom stereocenters. The van der Waals surface area contributed by atoms with Crippen LogP contribution in [0.5, 0.6) is 0 Å². The molecule has 0 fully saturated rings. The van der Waals surface area contributed by atoms with E-state index in [1.54, 1.807) is 6.07 Å². The summed E-state index contributed by atoms with van der Waals surface area (Å²) in [6, 6.07) is 13.6. The normalized spacial score (nSPS) is 12.2. The lowest BCUT2D eigenvalue weighted by atomic mass is 10.1. The molecule has 0 saturated heterocycles. The number of nitrogens with two attached hydrogens (primary N) is 1. The van der Waals surface area contributed by atoms with Crippen LogP contribution in [0.3, 0.4) is 0 Å². The van der Waals surface area contributed by atoms with Crippen LogP contribution in [-0.4, -0.2) is 6.04 Å². The highest BCUT2D eigenvalue weighted by Crippen LogP contribution is 2.27. The standard InChI is InChI=1S/C16H18BrFN2/c1-11(7-8-12-5-3-2-4-6-12)20-16-9-13(17)14(18)10-15(16)19/h2-6,9-11,20H,7-8,19H2,1H3. The zero-order valence-electron chi connectivity index (χ0n) is 11.4. The SMILES string of the molecule is CC(CCc1ccccc1)Nc1cc(Br)c(F)cc1N. The van der Waals surface area contributed by atoms with Crippen molar-refractivity contribution in [1.29, 1.82) is 0 Å². The Hall–Kier alpha value is -1.55. The highest BCUT2D eigenvalue weighted by molar-refractivity contribution is 9.10. The fourth-order valence-electron chi connectivity index (χ4n) is 2.05. The van der Waals surface area contributed by atoms with E-state index in [2.05, 4.69) is 40.3 Å². The third kappa shape index (κ3) is 3.97. The highest BCUT2D eigenvalue weighted by atomic mass is 79.9. The van der Waals surface area contributed by atoms with Crippen LogP contribution in [0.25, 0.3) is 0 Å². The number of rotatable bonds is 5. The first-order valence-corrected chi connectivity index (χ1v) is 7.40. The molecule has 2 aromatic rings. The molecule has 0 aromatic heterocycles. The number of hydrogen-bond acceptors (Lipinski definition) is 2. The van der Waals surface area contributed by atoms with Crippen molar-refractivity contribution in [3.8, 4) is 0 Å². The molecule has 2 aromatic carbocycles. The van der Waals surface area contributed by atoms with Crippen molar-refractivity contribution in [3.05, 3.63) is 58.3 Å². The van der Waals surface area contributed by atoms with E-state index in [1.165, 1.54) is 11.6 Å². The minimum Gasteiger partial charge on any atom is -0.397 e. The summed E-state index contributed by atoms with van der Waals surface area (Å²) in [5.74, 6) is -0.343. The van der Waals surface area contributed by atoms with E-state index < -0.39 is 0 Å². The van der Waals surface area contributed by atoms with E-state index in [9.17, 15) is 4.39 Å². The van der Waals surface area contributed by atoms with Crippen LogP contribution in [0.15, 0.2) is 46.9 Å². The van der Waals surface area contributed by atoms with E-state index in [0.717, 1.165) is 18.5 Å². The van der Waals surface area contributed by atoms with Crippen LogP contribution in [0.2, 0.25) is 0 Å².